The third kappa shape index (κ3) is 2.19. The number of benzene rings is 1. The van der Waals surface area contributed by atoms with Crippen molar-refractivity contribution in [3.8, 4) is 0 Å². The molecule has 76 valence electrons. The Morgan fingerprint density at radius 1 is 1.36 bits per heavy atom. The van der Waals surface area contributed by atoms with E-state index in [1.807, 2.05) is 20.8 Å². The van der Waals surface area contributed by atoms with Gasteiger partial charge in [0, 0.05) is 6.42 Å². The highest BCUT2D eigenvalue weighted by Gasteiger charge is 2.19. The van der Waals surface area contributed by atoms with Crippen LogP contribution in [0.1, 0.15) is 31.9 Å². The molecule has 0 amide bonds. The first kappa shape index (κ1) is 10.9. The summed E-state index contributed by atoms with van der Waals surface area (Å²) in [6.45, 7) is 5.86. The Labute approximate surface area is 83.9 Å². The van der Waals surface area contributed by atoms with Crippen LogP contribution in [0.4, 0.5) is 4.39 Å². The van der Waals surface area contributed by atoms with Crippen molar-refractivity contribution in [2.75, 3.05) is 0 Å². The van der Waals surface area contributed by atoms with Crippen LogP contribution in [-0.4, -0.2) is 6.29 Å². The van der Waals surface area contributed by atoms with Gasteiger partial charge in [-0.15, -0.1) is 0 Å². The number of carbonyl (C=O) groups is 1. The van der Waals surface area contributed by atoms with E-state index < -0.39 is 0 Å². The average molecular weight is 194 g/mol. The highest BCUT2D eigenvalue weighted by molar-refractivity contribution is 5.55. The predicted octanol–water partition coefficient (Wildman–Crippen LogP) is 2.86. The maximum absolute atomic E-state index is 13.8. The lowest BCUT2D eigenvalue weighted by Crippen LogP contribution is -2.14. The van der Waals surface area contributed by atoms with E-state index in [1.165, 1.54) is 0 Å². The summed E-state index contributed by atoms with van der Waals surface area (Å²) in [5.74, 6) is -0.243. The van der Waals surface area contributed by atoms with Crippen LogP contribution in [0.5, 0.6) is 0 Å². The van der Waals surface area contributed by atoms with Crippen LogP contribution in [-0.2, 0) is 16.6 Å². The summed E-state index contributed by atoms with van der Waals surface area (Å²) in [6, 6.07) is 5.21. The van der Waals surface area contributed by atoms with Crippen molar-refractivity contribution >= 4 is 6.29 Å². The van der Waals surface area contributed by atoms with Crippen LogP contribution in [0.25, 0.3) is 0 Å². The van der Waals surface area contributed by atoms with Gasteiger partial charge in [-0.25, -0.2) is 4.39 Å². The molecule has 0 N–H and O–H groups in total. The molecule has 0 atom stereocenters. The molecule has 0 saturated carbocycles. The topological polar surface area (TPSA) is 17.1 Å². The molecule has 14 heavy (non-hydrogen) atoms. The summed E-state index contributed by atoms with van der Waals surface area (Å²) in [6.07, 6.45) is 0.876. The van der Waals surface area contributed by atoms with Gasteiger partial charge in [0.2, 0.25) is 0 Å². The first-order chi connectivity index (χ1) is 6.46. The van der Waals surface area contributed by atoms with Gasteiger partial charge in [-0.3, -0.25) is 0 Å². The molecule has 1 aromatic carbocycles. The third-order valence-electron chi connectivity index (χ3n) is 2.19. The fraction of sp³-hybridized carbons (Fsp3) is 0.417. The van der Waals surface area contributed by atoms with Crippen LogP contribution in [0.3, 0.4) is 0 Å². The molecule has 0 aromatic heterocycles. The molecule has 1 aromatic rings. The molecular formula is C12H15FO. The highest BCUT2D eigenvalue weighted by Crippen LogP contribution is 2.26. The molecule has 1 rings (SSSR count). The molecule has 2 heteroatoms. The van der Waals surface area contributed by atoms with Crippen molar-refractivity contribution in [3.63, 3.8) is 0 Å². The van der Waals surface area contributed by atoms with Crippen molar-refractivity contribution in [2.45, 2.75) is 32.6 Å². The van der Waals surface area contributed by atoms with Gasteiger partial charge in [-0.05, 0) is 16.5 Å². The number of rotatable bonds is 2. The van der Waals surface area contributed by atoms with E-state index in [-0.39, 0.29) is 17.7 Å². The first-order valence-corrected chi connectivity index (χ1v) is 4.68. The lowest BCUT2D eigenvalue weighted by atomic mass is 9.85. The van der Waals surface area contributed by atoms with Gasteiger partial charge in [0.05, 0.1) is 0 Å². The molecule has 0 heterocycles. The fourth-order valence-corrected chi connectivity index (χ4v) is 1.41. The van der Waals surface area contributed by atoms with Crippen molar-refractivity contribution in [3.05, 3.63) is 35.1 Å². The van der Waals surface area contributed by atoms with Crippen molar-refractivity contribution in [1.29, 1.82) is 0 Å². The maximum atomic E-state index is 13.8. The number of carbonyl (C=O) groups excluding carboxylic acids is 1. The standard InChI is InChI=1S/C12H15FO/c1-12(2,3)10-6-4-5-9(7-8-14)11(10)13/h4-6,8H,7H2,1-3H3. The Kier molecular flexibility index (Phi) is 3.04. The molecular weight excluding hydrogens is 179 g/mol. The Bertz CT molecular complexity index is 337. The second-order valence-electron chi connectivity index (χ2n) is 4.40. The van der Waals surface area contributed by atoms with Crippen LogP contribution < -0.4 is 0 Å². The summed E-state index contributed by atoms with van der Waals surface area (Å²) in [7, 11) is 0. The van der Waals surface area contributed by atoms with Crippen molar-refractivity contribution < 1.29 is 9.18 Å². The smallest absolute Gasteiger partial charge is 0.130 e. The van der Waals surface area contributed by atoms with Crippen LogP contribution in [0.2, 0.25) is 0 Å². The van der Waals surface area contributed by atoms with Gasteiger partial charge in [0.25, 0.3) is 0 Å². The Morgan fingerprint density at radius 2 is 2.00 bits per heavy atom. The van der Waals surface area contributed by atoms with Crippen LogP contribution in [0, 0.1) is 5.82 Å². The molecule has 0 spiro atoms. The van der Waals surface area contributed by atoms with E-state index in [0.29, 0.717) is 11.1 Å². The lowest BCUT2D eigenvalue weighted by molar-refractivity contribution is -0.107. The lowest BCUT2D eigenvalue weighted by Gasteiger charge is -2.20. The highest BCUT2D eigenvalue weighted by atomic mass is 19.1. The van der Waals surface area contributed by atoms with E-state index in [4.69, 9.17) is 0 Å². The molecule has 1 nitrogen and oxygen atoms in total. The zero-order valence-electron chi connectivity index (χ0n) is 8.80. The molecule has 0 bridgehead atoms. The maximum Gasteiger partial charge on any atom is 0.130 e. The SMILES string of the molecule is CC(C)(C)c1cccc(CC=O)c1F. The van der Waals surface area contributed by atoms with E-state index >= 15 is 0 Å². The molecule has 0 aliphatic heterocycles. The van der Waals surface area contributed by atoms with Gasteiger partial charge in [-0.1, -0.05) is 39.0 Å². The summed E-state index contributed by atoms with van der Waals surface area (Å²) in [5.41, 5.74) is 0.924. The average Bonchev–Trinajstić information content (AvgIpc) is 2.07. The van der Waals surface area contributed by atoms with Gasteiger partial charge >= 0.3 is 0 Å². The summed E-state index contributed by atoms with van der Waals surface area (Å²) < 4.78 is 13.8. The third-order valence-corrected chi connectivity index (χ3v) is 2.19. The van der Waals surface area contributed by atoms with E-state index in [0.717, 1.165) is 6.29 Å². The Balaban J connectivity index is 3.20. The predicted molar refractivity (Wildman–Crippen MR) is 54.9 cm³/mol. The van der Waals surface area contributed by atoms with Crippen LogP contribution in [0.15, 0.2) is 18.2 Å². The largest absolute Gasteiger partial charge is 0.303 e. The van der Waals surface area contributed by atoms with Gasteiger partial charge in [0.1, 0.15) is 12.1 Å². The zero-order valence-corrected chi connectivity index (χ0v) is 8.80. The monoisotopic (exact) mass is 194 g/mol. The second kappa shape index (κ2) is 3.91. The van der Waals surface area contributed by atoms with Crippen LogP contribution >= 0.6 is 0 Å². The van der Waals surface area contributed by atoms with Crippen molar-refractivity contribution in [2.24, 2.45) is 0 Å². The fourth-order valence-electron chi connectivity index (χ4n) is 1.41. The van der Waals surface area contributed by atoms with Gasteiger partial charge in [-0.2, -0.15) is 0 Å². The minimum absolute atomic E-state index is 0.149. The second-order valence-corrected chi connectivity index (χ2v) is 4.40. The normalized spacial score (nSPS) is 11.4. The van der Waals surface area contributed by atoms with E-state index in [1.54, 1.807) is 18.2 Å². The minimum Gasteiger partial charge on any atom is -0.303 e. The summed E-state index contributed by atoms with van der Waals surface area (Å²) in [5, 5.41) is 0. The summed E-state index contributed by atoms with van der Waals surface area (Å²) >= 11 is 0. The zero-order chi connectivity index (χ0) is 10.8. The molecule has 0 aliphatic carbocycles. The van der Waals surface area contributed by atoms with Gasteiger partial charge < -0.3 is 4.79 Å². The minimum atomic E-state index is -0.243. The van der Waals surface area contributed by atoms with E-state index in [9.17, 15) is 9.18 Å². The number of hydrogen-bond donors (Lipinski definition) is 0. The number of halogens is 1. The van der Waals surface area contributed by atoms with E-state index in [2.05, 4.69) is 0 Å². The van der Waals surface area contributed by atoms with Crippen molar-refractivity contribution in [1.82, 2.24) is 0 Å². The van der Waals surface area contributed by atoms with Gasteiger partial charge in [0.15, 0.2) is 0 Å². The Morgan fingerprint density at radius 3 is 2.50 bits per heavy atom. The number of aldehydes is 1. The summed E-state index contributed by atoms with van der Waals surface area (Å²) in [4.78, 5) is 10.3. The Hall–Kier alpha value is -1.18. The molecule has 0 saturated heterocycles. The molecule has 0 unspecified atom stereocenters. The molecule has 0 fully saturated rings. The quantitative estimate of drug-likeness (QED) is 0.661. The first-order valence-electron chi connectivity index (χ1n) is 4.68. The number of hydrogen-bond acceptors (Lipinski definition) is 1. The molecule has 0 radical (unpaired) electrons. The molecule has 0 aliphatic rings.